The van der Waals surface area contributed by atoms with E-state index in [4.69, 9.17) is 0 Å². The zero-order valence-corrected chi connectivity index (χ0v) is 24.1. The Bertz CT molecular complexity index is 1250. The summed E-state index contributed by atoms with van der Waals surface area (Å²) in [6, 6.07) is 20.0. The molecule has 7 nitrogen and oxygen atoms in total. The Morgan fingerprint density at radius 3 is 2.14 bits per heavy atom. The van der Waals surface area contributed by atoms with Crippen LogP contribution >= 0.6 is 45.2 Å². The quantitative estimate of drug-likeness (QED) is 0.121. The summed E-state index contributed by atoms with van der Waals surface area (Å²) >= 11 is 4.06. The molecule has 0 aliphatic heterocycles. The second-order valence-electron chi connectivity index (χ2n) is 7.67. The van der Waals surface area contributed by atoms with Crippen LogP contribution in [-0.2, 0) is 4.79 Å². The predicted molar refractivity (Wildman–Crippen MR) is 161 cm³/mol. The van der Waals surface area contributed by atoms with Crippen LogP contribution in [0.2, 0.25) is 0 Å². The number of nitrogens with one attached hydrogen (secondary N) is 2. The Labute approximate surface area is 238 Å². The Hall–Kier alpha value is -2.93. The number of carbonyl (C=O) groups excluding carboxylic acids is 2. The van der Waals surface area contributed by atoms with Crippen molar-refractivity contribution >= 4 is 75.0 Å². The van der Waals surface area contributed by atoms with Gasteiger partial charge in [-0.1, -0.05) is 30.3 Å². The number of carbonyl (C=O) groups is 2. The van der Waals surface area contributed by atoms with Gasteiger partial charge in [-0.25, -0.2) is 5.43 Å². The second-order valence-corrected chi connectivity index (χ2v) is 10.00. The van der Waals surface area contributed by atoms with Crippen LogP contribution in [0.15, 0.2) is 77.5 Å². The molecule has 0 aliphatic carbocycles. The molecular weight excluding hydrogens is 682 g/mol. The highest BCUT2D eigenvalue weighted by molar-refractivity contribution is 14.1. The van der Waals surface area contributed by atoms with Crippen molar-refractivity contribution in [1.29, 1.82) is 0 Å². The standard InChI is InChI=1S/C27H26I2N4O3/c1-3-33(4-2)21-12-10-18(11-13-21)16-24(31-26(35)20-8-6-5-7-9-20)27(36)32-30-17-19-14-22(28)25(34)23(29)15-19/h5-17,34H,3-4H2,1-2H3,(H,31,35)(H,32,36)/b24-16+,30-17+. The molecule has 3 aromatic rings. The summed E-state index contributed by atoms with van der Waals surface area (Å²) in [6.45, 7) is 5.98. The number of hydrogen-bond donors (Lipinski definition) is 3. The van der Waals surface area contributed by atoms with Crippen molar-refractivity contribution in [3.05, 3.63) is 96.3 Å². The topological polar surface area (TPSA) is 94.0 Å². The first-order chi connectivity index (χ1) is 17.3. The smallest absolute Gasteiger partial charge is 0.287 e. The molecule has 0 aromatic heterocycles. The Morgan fingerprint density at radius 2 is 1.56 bits per heavy atom. The lowest BCUT2D eigenvalue weighted by molar-refractivity contribution is -0.117. The highest BCUT2D eigenvalue weighted by Crippen LogP contribution is 2.26. The predicted octanol–water partition coefficient (Wildman–Crippen LogP) is 5.37. The van der Waals surface area contributed by atoms with Gasteiger partial charge in [0.1, 0.15) is 11.4 Å². The summed E-state index contributed by atoms with van der Waals surface area (Å²) in [5, 5.41) is 16.7. The summed E-state index contributed by atoms with van der Waals surface area (Å²) in [5.74, 6) is -0.756. The number of phenols is 1. The number of halogens is 2. The van der Waals surface area contributed by atoms with Gasteiger partial charge in [0.15, 0.2) is 0 Å². The van der Waals surface area contributed by atoms with Gasteiger partial charge in [0.25, 0.3) is 11.8 Å². The molecule has 0 fully saturated rings. The van der Waals surface area contributed by atoms with Gasteiger partial charge in [0, 0.05) is 24.3 Å². The summed E-state index contributed by atoms with van der Waals surface area (Å²) in [7, 11) is 0. The van der Waals surface area contributed by atoms with E-state index < -0.39 is 11.8 Å². The summed E-state index contributed by atoms with van der Waals surface area (Å²) in [6.07, 6.45) is 3.10. The minimum Gasteiger partial charge on any atom is -0.506 e. The van der Waals surface area contributed by atoms with Gasteiger partial charge < -0.3 is 15.3 Å². The summed E-state index contributed by atoms with van der Waals surface area (Å²) < 4.78 is 1.35. The van der Waals surface area contributed by atoms with Gasteiger partial charge in [-0.2, -0.15) is 5.10 Å². The maximum atomic E-state index is 13.0. The van der Waals surface area contributed by atoms with E-state index >= 15 is 0 Å². The molecule has 0 atom stereocenters. The third kappa shape index (κ3) is 7.53. The van der Waals surface area contributed by atoms with E-state index in [-0.39, 0.29) is 11.4 Å². The monoisotopic (exact) mass is 708 g/mol. The zero-order chi connectivity index (χ0) is 26.1. The lowest BCUT2D eigenvalue weighted by atomic mass is 10.1. The lowest BCUT2D eigenvalue weighted by Gasteiger charge is -2.20. The van der Waals surface area contributed by atoms with Crippen molar-refractivity contribution in [2.24, 2.45) is 5.10 Å². The lowest BCUT2D eigenvalue weighted by Crippen LogP contribution is -2.32. The highest BCUT2D eigenvalue weighted by Gasteiger charge is 2.14. The number of anilines is 1. The number of amides is 2. The third-order valence-corrected chi connectivity index (χ3v) is 6.93. The van der Waals surface area contributed by atoms with Crippen LogP contribution < -0.4 is 15.6 Å². The SMILES string of the molecule is CCN(CC)c1ccc(/C=C(/NC(=O)c2ccccc2)C(=O)N/N=C/c2cc(I)c(O)c(I)c2)cc1. The first-order valence-electron chi connectivity index (χ1n) is 11.3. The number of hydrazone groups is 1. The van der Waals surface area contributed by atoms with Gasteiger partial charge in [-0.15, -0.1) is 0 Å². The van der Waals surface area contributed by atoms with Crippen molar-refractivity contribution in [3.63, 3.8) is 0 Å². The first kappa shape index (κ1) is 27.7. The average molecular weight is 708 g/mol. The fraction of sp³-hybridized carbons (Fsp3) is 0.148. The minimum absolute atomic E-state index is 0.0615. The molecule has 0 spiro atoms. The highest BCUT2D eigenvalue weighted by atomic mass is 127. The van der Waals surface area contributed by atoms with Crippen LogP contribution in [0.3, 0.4) is 0 Å². The number of benzene rings is 3. The van der Waals surface area contributed by atoms with Gasteiger partial charge in [0.2, 0.25) is 0 Å². The average Bonchev–Trinajstić information content (AvgIpc) is 2.88. The number of rotatable bonds is 9. The molecule has 0 saturated heterocycles. The normalized spacial score (nSPS) is 11.4. The van der Waals surface area contributed by atoms with E-state index in [0.29, 0.717) is 18.3 Å². The minimum atomic E-state index is -0.563. The molecular formula is C27H26I2N4O3. The number of hydrogen-bond acceptors (Lipinski definition) is 5. The van der Waals surface area contributed by atoms with Crippen LogP contribution in [0.4, 0.5) is 5.69 Å². The fourth-order valence-corrected chi connectivity index (χ4v) is 5.18. The molecule has 3 N–H and O–H groups in total. The van der Waals surface area contributed by atoms with Gasteiger partial charge in [-0.3, -0.25) is 9.59 Å². The molecule has 36 heavy (non-hydrogen) atoms. The van der Waals surface area contributed by atoms with E-state index in [1.54, 1.807) is 42.5 Å². The van der Waals surface area contributed by atoms with Crippen molar-refractivity contribution < 1.29 is 14.7 Å². The van der Waals surface area contributed by atoms with Crippen molar-refractivity contribution in [2.45, 2.75) is 13.8 Å². The molecule has 3 rings (SSSR count). The fourth-order valence-electron chi connectivity index (χ4n) is 3.36. The number of aromatic hydroxyl groups is 1. The second kappa shape index (κ2) is 13.4. The van der Waals surface area contributed by atoms with E-state index in [1.807, 2.05) is 75.5 Å². The largest absolute Gasteiger partial charge is 0.506 e. The van der Waals surface area contributed by atoms with Crippen LogP contribution in [-0.4, -0.2) is 36.2 Å². The molecule has 0 aliphatic rings. The van der Waals surface area contributed by atoms with Crippen LogP contribution in [0, 0.1) is 7.14 Å². The van der Waals surface area contributed by atoms with Crippen molar-refractivity contribution in [2.75, 3.05) is 18.0 Å². The molecule has 9 heteroatoms. The van der Waals surface area contributed by atoms with Gasteiger partial charge in [0.05, 0.1) is 13.4 Å². The molecule has 3 aromatic carbocycles. The molecule has 0 unspecified atom stereocenters. The van der Waals surface area contributed by atoms with E-state index in [2.05, 4.69) is 34.6 Å². The number of nitrogens with zero attached hydrogens (tertiary/aromatic N) is 2. The molecule has 2 amide bonds. The van der Waals surface area contributed by atoms with Gasteiger partial charge in [-0.05, 0) is 113 Å². The van der Waals surface area contributed by atoms with Crippen LogP contribution in [0.5, 0.6) is 5.75 Å². The molecule has 0 saturated carbocycles. The molecule has 186 valence electrons. The van der Waals surface area contributed by atoms with Crippen LogP contribution in [0.1, 0.15) is 35.3 Å². The third-order valence-electron chi connectivity index (χ3n) is 5.28. The Balaban J connectivity index is 1.84. The molecule has 0 radical (unpaired) electrons. The zero-order valence-electron chi connectivity index (χ0n) is 19.8. The van der Waals surface area contributed by atoms with E-state index in [1.165, 1.54) is 6.21 Å². The van der Waals surface area contributed by atoms with Gasteiger partial charge >= 0.3 is 0 Å². The molecule has 0 bridgehead atoms. The maximum absolute atomic E-state index is 13.0. The Morgan fingerprint density at radius 1 is 0.944 bits per heavy atom. The number of phenolic OH excluding ortho intramolecular Hbond substituents is 1. The van der Waals surface area contributed by atoms with Crippen molar-refractivity contribution in [1.82, 2.24) is 10.7 Å². The first-order valence-corrected chi connectivity index (χ1v) is 13.4. The summed E-state index contributed by atoms with van der Waals surface area (Å²) in [5.41, 5.74) is 5.54. The Kier molecular flexibility index (Phi) is 10.3. The maximum Gasteiger partial charge on any atom is 0.287 e. The van der Waals surface area contributed by atoms with E-state index in [9.17, 15) is 14.7 Å². The van der Waals surface area contributed by atoms with Crippen LogP contribution in [0.25, 0.3) is 6.08 Å². The van der Waals surface area contributed by atoms with E-state index in [0.717, 1.165) is 24.3 Å². The molecule has 0 heterocycles. The summed E-state index contributed by atoms with van der Waals surface area (Å²) in [4.78, 5) is 28.0. The van der Waals surface area contributed by atoms with Crippen molar-refractivity contribution in [3.8, 4) is 5.75 Å².